The number of benzene rings is 2. The molecule has 0 bridgehead atoms. The van der Waals surface area contributed by atoms with Crippen LogP contribution in [0, 0.1) is 0 Å². The number of hydrogen-bond donors (Lipinski definition) is 3. The maximum Gasteiger partial charge on any atom is 0.407 e. The van der Waals surface area contributed by atoms with E-state index in [0.717, 1.165) is 23.1 Å². The maximum atomic E-state index is 13.1. The molecule has 1 aliphatic heterocycles. The molecule has 1 aliphatic rings. The van der Waals surface area contributed by atoms with Crippen LogP contribution in [0.2, 0.25) is 5.02 Å². The van der Waals surface area contributed by atoms with Gasteiger partial charge in [0.2, 0.25) is 5.91 Å². The molecule has 0 spiro atoms. The van der Waals surface area contributed by atoms with Gasteiger partial charge in [0.05, 0.1) is 6.42 Å². The van der Waals surface area contributed by atoms with Crippen molar-refractivity contribution in [3.63, 3.8) is 0 Å². The Labute approximate surface area is 229 Å². The van der Waals surface area contributed by atoms with Crippen LogP contribution in [0.15, 0.2) is 59.7 Å². The Morgan fingerprint density at radius 1 is 1.03 bits per heavy atom. The Hall–Kier alpha value is -3.36. The third-order valence-electron chi connectivity index (χ3n) is 6.09. The molecule has 9 heteroatoms. The molecule has 8 nitrogen and oxygen atoms in total. The lowest BCUT2D eigenvalue weighted by atomic mass is 9.98. The summed E-state index contributed by atoms with van der Waals surface area (Å²) in [5, 5.41) is 7.75. The summed E-state index contributed by atoms with van der Waals surface area (Å²) in [5.41, 5.74) is 6.82. The molecule has 0 aliphatic carbocycles. The summed E-state index contributed by atoms with van der Waals surface area (Å²) >= 11 is 6.18. The van der Waals surface area contributed by atoms with Crippen molar-refractivity contribution in [2.75, 3.05) is 13.1 Å². The van der Waals surface area contributed by atoms with E-state index in [4.69, 9.17) is 16.3 Å². The maximum absolute atomic E-state index is 13.1. The molecule has 2 aromatic rings. The monoisotopic (exact) mass is 540 g/mol. The Morgan fingerprint density at radius 3 is 2.45 bits per heavy atom. The van der Waals surface area contributed by atoms with Crippen molar-refractivity contribution in [3.05, 3.63) is 81.4 Å². The minimum atomic E-state index is -0.600. The molecule has 1 heterocycles. The second-order valence-corrected chi connectivity index (χ2v) is 10.8. The first kappa shape index (κ1) is 29.2. The molecule has 0 saturated carbocycles. The lowest BCUT2D eigenvalue weighted by Crippen LogP contribution is -2.47. The Balaban J connectivity index is 1.54. The molecule has 3 N–H and O–H groups in total. The quantitative estimate of drug-likeness (QED) is 0.407. The van der Waals surface area contributed by atoms with E-state index in [9.17, 15) is 14.4 Å². The summed E-state index contributed by atoms with van der Waals surface area (Å²) in [6, 6.07) is 15.4. The molecule has 38 heavy (non-hydrogen) atoms. The molecule has 0 saturated heterocycles. The summed E-state index contributed by atoms with van der Waals surface area (Å²) in [7, 11) is 0. The fraction of sp³-hybridized carbons (Fsp3) is 0.414. The molecule has 2 aromatic carbocycles. The van der Waals surface area contributed by atoms with Crippen molar-refractivity contribution < 1.29 is 19.1 Å². The van der Waals surface area contributed by atoms with Gasteiger partial charge < -0.3 is 15.4 Å². The van der Waals surface area contributed by atoms with Crippen molar-refractivity contribution in [3.8, 4) is 0 Å². The number of nitrogens with zero attached hydrogens (tertiary/aromatic N) is 1. The van der Waals surface area contributed by atoms with Crippen LogP contribution < -0.4 is 16.1 Å². The fourth-order valence-electron chi connectivity index (χ4n) is 4.06. The molecule has 0 aromatic heterocycles. The first-order valence-electron chi connectivity index (χ1n) is 12.8. The molecule has 3 amide bonds. The average molecular weight is 541 g/mol. The zero-order chi connectivity index (χ0) is 27.7. The van der Waals surface area contributed by atoms with Crippen LogP contribution in [-0.2, 0) is 33.8 Å². The Morgan fingerprint density at radius 2 is 1.74 bits per heavy atom. The van der Waals surface area contributed by atoms with Gasteiger partial charge >= 0.3 is 6.09 Å². The van der Waals surface area contributed by atoms with Crippen LogP contribution in [0.5, 0.6) is 0 Å². The van der Waals surface area contributed by atoms with Gasteiger partial charge in [0.15, 0.2) is 0 Å². The highest BCUT2D eigenvalue weighted by atomic mass is 35.5. The van der Waals surface area contributed by atoms with E-state index < -0.39 is 11.7 Å². The number of nitrogens with one attached hydrogen (secondary N) is 3. The van der Waals surface area contributed by atoms with Gasteiger partial charge in [0.1, 0.15) is 5.60 Å². The second-order valence-electron chi connectivity index (χ2n) is 10.3. The van der Waals surface area contributed by atoms with Crippen LogP contribution in [0.1, 0.15) is 57.2 Å². The van der Waals surface area contributed by atoms with Crippen molar-refractivity contribution in [1.29, 1.82) is 0 Å². The van der Waals surface area contributed by atoms with Crippen LogP contribution >= 0.6 is 11.6 Å². The number of rotatable bonds is 10. The molecular formula is C29H37ClN4O4. The summed E-state index contributed by atoms with van der Waals surface area (Å²) < 4.78 is 5.29. The van der Waals surface area contributed by atoms with Crippen LogP contribution in [0.4, 0.5) is 4.79 Å². The normalized spacial score (nSPS) is 13.9. The van der Waals surface area contributed by atoms with Crippen molar-refractivity contribution in [1.82, 2.24) is 21.1 Å². The van der Waals surface area contributed by atoms with E-state index in [1.165, 1.54) is 5.56 Å². The summed E-state index contributed by atoms with van der Waals surface area (Å²) in [6.07, 6.45) is 0.978. The number of alkyl carbamates (subject to hydrolysis) is 1. The Kier molecular flexibility index (Phi) is 10.3. The van der Waals surface area contributed by atoms with Crippen LogP contribution in [-0.4, -0.2) is 41.6 Å². The van der Waals surface area contributed by atoms with Gasteiger partial charge in [0, 0.05) is 36.8 Å². The standard InChI is InChI=1S/C29H37ClN4O4/c1-20-13-15-34(33-14-12-21-8-6-5-7-9-21)27(36)25(20)17-26(35)31-19-23-16-24(30)11-10-22(23)18-32-28(37)38-29(2,3)4/h5-11,16,33H,12-15,17-19H2,1-4H3,(H,31,35)(H,32,37). The second kappa shape index (κ2) is 13.4. The molecule has 0 atom stereocenters. The minimum absolute atomic E-state index is 0.00636. The third-order valence-corrected chi connectivity index (χ3v) is 6.33. The van der Waals surface area contributed by atoms with Gasteiger partial charge in [0.25, 0.3) is 5.91 Å². The molecule has 0 fully saturated rings. The summed E-state index contributed by atoms with van der Waals surface area (Å²) in [6.45, 7) is 8.93. The number of carbonyl (C=O) groups excluding carboxylic acids is 3. The molecule has 0 radical (unpaired) electrons. The SMILES string of the molecule is CC1=C(CC(=O)NCc2cc(Cl)ccc2CNC(=O)OC(C)(C)C)C(=O)N(NCCc2ccccc2)CC1. The summed E-state index contributed by atoms with van der Waals surface area (Å²) in [5.74, 6) is -0.424. The van der Waals surface area contributed by atoms with E-state index >= 15 is 0 Å². The first-order valence-corrected chi connectivity index (χ1v) is 13.2. The molecule has 3 rings (SSSR count). The third kappa shape index (κ3) is 9.19. The minimum Gasteiger partial charge on any atom is -0.444 e. The summed E-state index contributed by atoms with van der Waals surface area (Å²) in [4.78, 5) is 38.0. The number of carbonyl (C=O) groups is 3. The number of ether oxygens (including phenoxy) is 1. The zero-order valence-electron chi connectivity index (χ0n) is 22.5. The Bertz CT molecular complexity index is 1170. The molecule has 204 valence electrons. The van der Waals surface area contributed by atoms with Gasteiger partial charge in [-0.15, -0.1) is 0 Å². The molecular weight excluding hydrogens is 504 g/mol. The topological polar surface area (TPSA) is 99.8 Å². The van der Waals surface area contributed by atoms with E-state index in [0.29, 0.717) is 30.1 Å². The van der Waals surface area contributed by atoms with Gasteiger partial charge in [-0.25, -0.2) is 10.2 Å². The highest BCUT2D eigenvalue weighted by molar-refractivity contribution is 6.30. The fourth-order valence-corrected chi connectivity index (χ4v) is 4.26. The van der Waals surface area contributed by atoms with Crippen molar-refractivity contribution >= 4 is 29.5 Å². The first-order chi connectivity index (χ1) is 18.0. The van der Waals surface area contributed by atoms with Gasteiger partial charge in [-0.2, -0.15) is 0 Å². The van der Waals surface area contributed by atoms with E-state index in [-0.39, 0.29) is 31.3 Å². The van der Waals surface area contributed by atoms with Crippen LogP contribution in [0.3, 0.4) is 0 Å². The van der Waals surface area contributed by atoms with Gasteiger partial charge in [-0.1, -0.05) is 53.6 Å². The lowest BCUT2D eigenvalue weighted by molar-refractivity contribution is -0.132. The number of hydrazine groups is 1. The number of hydrogen-bond acceptors (Lipinski definition) is 5. The van der Waals surface area contributed by atoms with Crippen LogP contribution in [0.25, 0.3) is 0 Å². The van der Waals surface area contributed by atoms with Crippen molar-refractivity contribution in [2.45, 2.75) is 65.6 Å². The smallest absolute Gasteiger partial charge is 0.407 e. The zero-order valence-corrected chi connectivity index (χ0v) is 23.3. The average Bonchev–Trinajstić information content (AvgIpc) is 2.85. The van der Waals surface area contributed by atoms with E-state index in [1.807, 2.05) is 25.1 Å². The predicted octanol–water partition coefficient (Wildman–Crippen LogP) is 4.67. The number of halogens is 1. The highest BCUT2D eigenvalue weighted by Gasteiger charge is 2.26. The van der Waals surface area contributed by atoms with E-state index in [1.54, 1.807) is 44.0 Å². The largest absolute Gasteiger partial charge is 0.444 e. The van der Waals surface area contributed by atoms with Gasteiger partial charge in [-0.05, 0) is 69.4 Å². The highest BCUT2D eigenvalue weighted by Crippen LogP contribution is 2.21. The number of amides is 3. The van der Waals surface area contributed by atoms with Gasteiger partial charge in [-0.3, -0.25) is 14.6 Å². The predicted molar refractivity (Wildman–Crippen MR) is 148 cm³/mol. The van der Waals surface area contributed by atoms with E-state index in [2.05, 4.69) is 28.2 Å². The molecule has 0 unspecified atom stereocenters. The lowest BCUT2D eigenvalue weighted by Gasteiger charge is -2.30. The van der Waals surface area contributed by atoms with Crippen molar-refractivity contribution in [2.24, 2.45) is 0 Å².